The van der Waals surface area contributed by atoms with Gasteiger partial charge >= 0.3 is 0 Å². The van der Waals surface area contributed by atoms with Gasteiger partial charge in [0.1, 0.15) is 0 Å². The van der Waals surface area contributed by atoms with E-state index in [9.17, 15) is 0 Å². The second kappa shape index (κ2) is 6.57. The van der Waals surface area contributed by atoms with Crippen LogP contribution in [0.1, 0.15) is 16.7 Å². The van der Waals surface area contributed by atoms with Crippen LogP contribution in [0, 0.1) is 20.8 Å². The molecule has 3 rings (SSSR count). The third-order valence-electron chi connectivity index (χ3n) is 4.09. The van der Waals surface area contributed by atoms with Crippen LogP contribution in [-0.2, 0) is 0 Å². The number of hydrazine groups is 1. The van der Waals surface area contributed by atoms with Crippen molar-refractivity contribution in [2.75, 3.05) is 10.4 Å². The van der Waals surface area contributed by atoms with Gasteiger partial charge < -0.3 is 0 Å². The lowest BCUT2D eigenvalue weighted by Crippen LogP contribution is -2.26. The smallest absolute Gasteiger partial charge is 0.0659 e. The summed E-state index contributed by atoms with van der Waals surface area (Å²) in [5.41, 5.74) is 10.7. The molecule has 0 atom stereocenters. The van der Waals surface area contributed by atoms with Gasteiger partial charge in [0.2, 0.25) is 0 Å². The zero-order valence-corrected chi connectivity index (χ0v) is 13.9. The van der Waals surface area contributed by atoms with Gasteiger partial charge in [0.25, 0.3) is 0 Å². The van der Waals surface area contributed by atoms with E-state index in [2.05, 4.69) is 104 Å². The third-order valence-corrected chi connectivity index (χ3v) is 4.09. The van der Waals surface area contributed by atoms with Crippen LogP contribution >= 0.6 is 0 Å². The lowest BCUT2D eigenvalue weighted by molar-refractivity contribution is 1.12. The number of nitrogens with one attached hydrogen (secondary N) is 1. The number of rotatable bonds is 4. The van der Waals surface area contributed by atoms with E-state index in [1.807, 2.05) is 0 Å². The molecule has 23 heavy (non-hydrogen) atoms. The Morgan fingerprint density at radius 3 is 1.48 bits per heavy atom. The molecule has 0 amide bonds. The van der Waals surface area contributed by atoms with E-state index >= 15 is 0 Å². The molecule has 2 heteroatoms. The molecule has 116 valence electrons. The van der Waals surface area contributed by atoms with Gasteiger partial charge in [-0.25, -0.2) is 0 Å². The predicted octanol–water partition coefficient (Wildman–Crippen LogP) is 5.78. The van der Waals surface area contributed by atoms with Gasteiger partial charge in [-0.05, 0) is 55.7 Å². The van der Waals surface area contributed by atoms with Crippen molar-refractivity contribution in [3.8, 4) is 0 Å². The molecule has 0 radical (unpaired) electrons. The molecule has 0 aliphatic rings. The van der Waals surface area contributed by atoms with Crippen molar-refractivity contribution in [1.82, 2.24) is 0 Å². The number of anilines is 3. The van der Waals surface area contributed by atoms with Crippen LogP contribution in [-0.4, -0.2) is 0 Å². The number of hydrogen-bond acceptors (Lipinski definition) is 2. The fourth-order valence-electron chi connectivity index (χ4n) is 2.70. The number of para-hydroxylation sites is 3. The fraction of sp³-hybridized carbons (Fsp3) is 0.143. The molecule has 0 spiro atoms. The summed E-state index contributed by atoms with van der Waals surface area (Å²) in [6.07, 6.45) is 0. The topological polar surface area (TPSA) is 15.3 Å². The first-order valence-electron chi connectivity index (χ1n) is 7.90. The SMILES string of the molecule is Cc1ccccc1NN(c1ccccc1C)c1ccccc1C. The highest BCUT2D eigenvalue weighted by Crippen LogP contribution is 2.31. The standard InChI is InChI=1S/C21H22N2/c1-16-10-4-7-13-19(16)22-23(20-14-8-5-11-17(20)2)21-15-9-6-12-18(21)3/h4-15,22H,1-3H3. The summed E-state index contributed by atoms with van der Waals surface area (Å²) in [7, 11) is 0. The zero-order valence-electron chi connectivity index (χ0n) is 13.9. The van der Waals surface area contributed by atoms with E-state index in [1.165, 1.54) is 16.7 Å². The van der Waals surface area contributed by atoms with Crippen molar-refractivity contribution in [1.29, 1.82) is 0 Å². The molecule has 3 aromatic carbocycles. The van der Waals surface area contributed by atoms with Crippen LogP contribution < -0.4 is 10.4 Å². The number of benzene rings is 3. The summed E-state index contributed by atoms with van der Waals surface area (Å²) in [6.45, 7) is 6.40. The maximum absolute atomic E-state index is 3.59. The highest BCUT2D eigenvalue weighted by Gasteiger charge is 2.14. The lowest BCUT2D eigenvalue weighted by atomic mass is 10.1. The van der Waals surface area contributed by atoms with Crippen LogP contribution in [0.5, 0.6) is 0 Å². The van der Waals surface area contributed by atoms with E-state index < -0.39 is 0 Å². The van der Waals surface area contributed by atoms with Crippen LogP contribution in [0.4, 0.5) is 17.1 Å². The van der Waals surface area contributed by atoms with Gasteiger partial charge in [-0.3, -0.25) is 10.4 Å². The minimum Gasteiger partial charge on any atom is -0.294 e. The van der Waals surface area contributed by atoms with Gasteiger partial charge in [-0.1, -0.05) is 54.6 Å². The molecule has 0 fully saturated rings. The minimum atomic E-state index is 1.11. The Bertz CT molecular complexity index is 763. The maximum atomic E-state index is 3.59. The second-order valence-corrected chi connectivity index (χ2v) is 5.84. The summed E-state index contributed by atoms with van der Waals surface area (Å²) >= 11 is 0. The highest BCUT2D eigenvalue weighted by molar-refractivity contribution is 5.73. The van der Waals surface area contributed by atoms with Crippen molar-refractivity contribution >= 4 is 17.1 Å². The van der Waals surface area contributed by atoms with E-state index in [4.69, 9.17) is 0 Å². The lowest BCUT2D eigenvalue weighted by Gasteiger charge is -2.30. The number of hydrogen-bond donors (Lipinski definition) is 1. The van der Waals surface area contributed by atoms with Gasteiger partial charge in [0.15, 0.2) is 0 Å². The Kier molecular flexibility index (Phi) is 4.33. The molecule has 0 unspecified atom stereocenters. The molecule has 0 aromatic heterocycles. The first-order chi connectivity index (χ1) is 11.2. The van der Waals surface area contributed by atoms with E-state index in [0.29, 0.717) is 0 Å². The van der Waals surface area contributed by atoms with Crippen molar-refractivity contribution in [2.45, 2.75) is 20.8 Å². The maximum Gasteiger partial charge on any atom is 0.0659 e. The largest absolute Gasteiger partial charge is 0.294 e. The minimum absolute atomic E-state index is 1.11. The quantitative estimate of drug-likeness (QED) is 0.615. The predicted molar refractivity (Wildman–Crippen MR) is 99.3 cm³/mol. The molecule has 0 aliphatic carbocycles. The second-order valence-electron chi connectivity index (χ2n) is 5.84. The molecule has 0 saturated carbocycles. The summed E-state index contributed by atoms with van der Waals surface area (Å²) in [5, 5.41) is 2.17. The summed E-state index contributed by atoms with van der Waals surface area (Å²) in [5.74, 6) is 0. The molecular formula is C21H22N2. The summed E-state index contributed by atoms with van der Waals surface area (Å²) < 4.78 is 0. The Balaban J connectivity index is 2.10. The van der Waals surface area contributed by atoms with E-state index in [0.717, 1.165) is 17.1 Å². The Morgan fingerprint density at radius 1 is 0.565 bits per heavy atom. The molecule has 3 aromatic rings. The molecule has 0 aliphatic heterocycles. The van der Waals surface area contributed by atoms with Crippen LogP contribution in [0.3, 0.4) is 0 Å². The van der Waals surface area contributed by atoms with Crippen molar-refractivity contribution in [3.63, 3.8) is 0 Å². The van der Waals surface area contributed by atoms with Gasteiger partial charge in [-0.2, -0.15) is 0 Å². The van der Waals surface area contributed by atoms with Gasteiger partial charge in [-0.15, -0.1) is 0 Å². The fourth-order valence-corrected chi connectivity index (χ4v) is 2.70. The Hall–Kier alpha value is -2.74. The van der Waals surface area contributed by atoms with Crippen LogP contribution in [0.2, 0.25) is 0 Å². The van der Waals surface area contributed by atoms with Crippen molar-refractivity contribution in [2.24, 2.45) is 0 Å². The van der Waals surface area contributed by atoms with Crippen LogP contribution in [0.15, 0.2) is 72.8 Å². The Morgan fingerprint density at radius 2 is 1.00 bits per heavy atom. The average Bonchev–Trinajstić information content (AvgIpc) is 2.56. The molecule has 0 heterocycles. The highest BCUT2D eigenvalue weighted by atomic mass is 15.5. The monoisotopic (exact) mass is 302 g/mol. The van der Waals surface area contributed by atoms with Crippen LogP contribution in [0.25, 0.3) is 0 Å². The van der Waals surface area contributed by atoms with E-state index in [-0.39, 0.29) is 0 Å². The number of nitrogens with zero attached hydrogens (tertiary/aromatic N) is 1. The van der Waals surface area contributed by atoms with E-state index in [1.54, 1.807) is 0 Å². The zero-order chi connectivity index (χ0) is 16.2. The molecular weight excluding hydrogens is 280 g/mol. The Labute approximate surface area is 138 Å². The normalized spacial score (nSPS) is 10.4. The first kappa shape index (κ1) is 15.2. The van der Waals surface area contributed by atoms with Gasteiger partial charge in [0.05, 0.1) is 17.1 Å². The third kappa shape index (κ3) is 3.21. The first-order valence-corrected chi connectivity index (χ1v) is 7.90. The number of aryl methyl sites for hydroxylation is 3. The summed E-state index contributed by atoms with van der Waals surface area (Å²) in [6, 6.07) is 25.2. The van der Waals surface area contributed by atoms with Crippen molar-refractivity contribution in [3.05, 3.63) is 89.5 Å². The van der Waals surface area contributed by atoms with Gasteiger partial charge in [0, 0.05) is 0 Å². The molecule has 2 nitrogen and oxygen atoms in total. The molecule has 1 N–H and O–H groups in total. The molecule has 0 bridgehead atoms. The average molecular weight is 302 g/mol. The van der Waals surface area contributed by atoms with Crippen molar-refractivity contribution < 1.29 is 0 Å². The molecule has 0 saturated heterocycles. The summed E-state index contributed by atoms with van der Waals surface area (Å²) in [4.78, 5) is 0.